The largest absolute Gasteiger partial charge is 0.272 e. The lowest BCUT2D eigenvalue weighted by molar-refractivity contribution is -0.119. The summed E-state index contributed by atoms with van der Waals surface area (Å²) in [4.78, 5) is 11.7. The number of carbonyl (C=O) groups excluding carboxylic acids is 1. The second-order valence-electron chi connectivity index (χ2n) is 4.57. The van der Waals surface area contributed by atoms with Gasteiger partial charge in [0, 0.05) is 5.56 Å². The number of hydrogen-bond acceptors (Lipinski definition) is 4. The number of hydrogen-bond donors (Lipinski definition) is 2. The molecule has 0 saturated carbocycles. The average Bonchev–Trinajstić information content (AvgIpc) is 2.56. The first-order valence-electron chi connectivity index (χ1n) is 6.71. The maximum Gasteiger partial charge on any atom is 0.255 e. The fourth-order valence-corrected chi connectivity index (χ4v) is 3.18. The number of hydrazone groups is 1. The molecule has 2 N–H and O–H groups in total. The average molecular weight is 386 g/mol. The minimum Gasteiger partial charge on any atom is -0.272 e. The first-order chi connectivity index (χ1) is 11.4. The maximum absolute atomic E-state index is 12.0. The molecule has 1 amide bonds. The van der Waals surface area contributed by atoms with Crippen molar-refractivity contribution in [3.05, 3.63) is 64.1 Å². The number of nitrogens with one attached hydrogen (secondary N) is 2. The highest BCUT2D eigenvalue weighted by Gasteiger charge is 2.14. The van der Waals surface area contributed by atoms with E-state index in [1.807, 2.05) is 0 Å². The Morgan fingerprint density at radius 3 is 2.29 bits per heavy atom. The van der Waals surface area contributed by atoms with Crippen molar-refractivity contribution in [2.45, 2.75) is 4.90 Å². The maximum atomic E-state index is 12.0. The fourth-order valence-electron chi connectivity index (χ4n) is 1.69. The fraction of sp³-hybridized carbons (Fsp3) is 0.0667. The second-order valence-corrected chi connectivity index (χ2v) is 7.15. The molecule has 0 aromatic heterocycles. The summed E-state index contributed by atoms with van der Waals surface area (Å²) >= 11 is 11.9. The van der Waals surface area contributed by atoms with Crippen molar-refractivity contribution in [2.75, 3.05) is 6.54 Å². The summed E-state index contributed by atoms with van der Waals surface area (Å²) in [5.74, 6) is -0.631. The van der Waals surface area contributed by atoms with Gasteiger partial charge in [-0.2, -0.15) is 5.10 Å². The van der Waals surface area contributed by atoms with E-state index >= 15 is 0 Å². The van der Waals surface area contributed by atoms with Gasteiger partial charge in [-0.1, -0.05) is 47.5 Å². The summed E-state index contributed by atoms with van der Waals surface area (Å²) in [6, 6.07) is 12.7. The summed E-state index contributed by atoms with van der Waals surface area (Å²) in [5.41, 5.74) is 2.65. The molecule has 2 rings (SSSR count). The number of nitrogens with zero attached hydrogens (tertiary/aromatic N) is 1. The third kappa shape index (κ3) is 5.04. The molecule has 0 radical (unpaired) electrons. The topological polar surface area (TPSA) is 87.6 Å². The lowest BCUT2D eigenvalue weighted by Gasteiger charge is -2.05. The van der Waals surface area contributed by atoms with E-state index in [0.29, 0.717) is 15.6 Å². The van der Waals surface area contributed by atoms with E-state index in [0.717, 1.165) is 0 Å². The molecule has 0 heterocycles. The quantitative estimate of drug-likeness (QED) is 0.591. The van der Waals surface area contributed by atoms with Crippen LogP contribution < -0.4 is 10.1 Å². The van der Waals surface area contributed by atoms with Crippen LogP contribution in [0.15, 0.2) is 58.5 Å². The third-order valence-electron chi connectivity index (χ3n) is 2.86. The summed E-state index contributed by atoms with van der Waals surface area (Å²) in [5, 5.41) is 4.47. The smallest absolute Gasteiger partial charge is 0.255 e. The van der Waals surface area contributed by atoms with Crippen LogP contribution in [0.4, 0.5) is 0 Å². The molecule has 2 aromatic rings. The van der Waals surface area contributed by atoms with E-state index in [1.165, 1.54) is 18.3 Å². The van der Waals surface area contributed by atoms with Gasteiger partial charge in [0.25, 0.3) is 5.91 Å². The third-order valence-corrected chi connectivity index (χ3v) is 4.94. The number of sulfonamides is 1. The molecular weight excluding hydrogens is 373 g/mol. The highest BCUT2D eigenvalue weighted by Crippen LogP contribution is 2.21. The molecule has 9 heteroatoms. The Morgan fingerprint density at radius 2 is 1.67 bits per heavy atom. The van der Waals surface area contributed by atoms with Crippen LogP contribution in [-0.2, 0) is 14.8 Å². The van der Waals surface area contributed by atoms with Crippen molar-refractivity contribution in [3.8, 4) is 0 Å². The summed E-state index contributed by atoms with van der Waals surface area (Å²) in [7, 11) is -3.75. The molecule has 0 spiro atoms. The van der Waals surface area contributed by atoms with Crippen LogP contribution in [0.1, 0.15) is 5.56 Å². The highest BCUT2D eigenvalue weighted by atomic mass is 35.5. The number of benzene rings is 2. The van der Waals surface area contributed by atoms with Gasteiger partial charge >= 0.3 is 0 Å². The van der Waals surface area contributed by atoms with Gasteiger partial charge in [0.15, 0.2) is 0 Å². The lowest BCUT2D eigenvalue weighted by atomic mass is 10.2. The zero-order chi connectivity index (χ0) is 17.6. The van der Waals surface area contributed by atoms with Crippen LogP contribution in [0.25, 0.3) is 0 Å². The standard InChI is InChI=1S/C15H13Cl2N3O3S/c16-13-7-4-8-14(17)12(13)9-18-20-15(21)10-19-24(22,23)11-5-2-1-3-6-11/h1-9,19H,10H2,(H,20,21)/b18-9-. The zero-order valence-electron chi connectivity index (χ0n) is 12.2. The van der Waals surface area contributed by atoms with Gasteiger partial charge in [0.1, 0.15) is 0 Å². The minimum absolute atomic E-state index is 0.0733. The molecule has 0 saturated heterocycles. The SMILES string of the molecule is O=C(CNS(=O)(=O)c1ccccc1)N/N=C\c1c(Cl)cccc1Cl. The molecule has 2 aromatic carbocycles. The van der Waals surface area contributed by atoms with Gasteiger partial charge in [-0.05, 0) is 24.3 Å². The molecule has 126 valence electrons. The van der Waals surface area contributed by atoms with E-state index in [1.54, 1.807) is 36.4 Å². The summed E-state index contributed by atoms with van der Waals surface area (Å²) in [6.45, 7) is -0.454. The van der Waals surface area contributed by atoms with Gasteiger partial charge in [0.05, 0.1) is 27.7 Å². The van der Waals surface area contributed by atoms with E-state index < -0.39 is 22.5 Å². The van der Waals surface area contributed by atoms with Crippen LogP contribution in [0.3, 0.4) is 0 Å². The number of rotatable bonds is 6. The summed E-state index contributed by atoms with van der Waals surface area (Å²) < 4.78 is 26.1. The summed E-state index contributed by atoms with van der Waals surface area (Å²) in [6.07, 6.45) is 1.29. The molecule has 0 bridgehead atoms. The van der Waals surface area contributed by atoms with Crippen molar-refractivity contribution >= 4 is 45.3 Å². The lowest BCUT2D eigenvalue weighted by Crippen LogP contribution is -2.34. The Bertz CT molecular complexity index is 835. The van der Waals surface area contributed by atoms with Crippen LogP contribution in [-0.4, -0.2) is 27.1 Å². The van der Waals surface area contributed by atoms with E-state index in [-0.39, 0.29) is 4.90 Å². The number of halogens is 2. The van der Waals surface area contributed by atoms with Gasteiger partial charge in [-0.15, -0.1) is 0 Å². The normalized spacial score (nSPS) is 11.6. The van der Waals surface area contributed by atoms with Crippen molar-refractivity contribution in [2.24, 2.45) is 5.10 Å². The number of carbonyl (C=O) groups is 1. The molecule has 0 aliphatic rings. The van der Waals surface area contributed by atoms with Crippen LogP contribution >= 0.6 is 23.2 Å². The predicted octanol–water partition coefficient (Wildman–Crippen LogP) is 2.42. The van der Waals surface area contributed by atoms with Gasteiger partial charge in [-0.3, -0.25) is 4.79 Å². The zero-order valence-corrected chi connectivity index (χ0v) is 14.6. The predicted molar refractivity (Wildman–Crippen MR) is 93.8 cm³/mol. The Kier molecular flexibility index (Phi) is 6.33. The monoisotopic (exact) mass is 385 g/mol. The Hall–Kier alpha value is -1.93. The van der Waals surface area contributed by atoms with Gasteiger partial charge < -0.3 is 0 Å². The van der Waals surface area contributed by atoms with Crippen molar-refractivity contribution < 1.29 is 13.2 Å². The van der Waals surface area contributed by atoms with E-state index in [2.05, 4.69) is 15.2 Å². The van der Waals surface area contributed by atoms with Crippen molar-refractivity contribution in [3.63, 3.8) is 0 Å². The molecule has 0 unspecified atom stereocenters. The molecule has 0 aliphatic heterocycles. The molecule has 0 fully saturated rings. The highest BCUT2D eigenvalue weighted by molar-refractivity contribution is 7.89. The van der Waals surface area contributed by atoms with E-state index in [9.17, 15) is 13.2 Å². The second kappa shape index (κ2) is 8.25. The van der Waals surface area contributed by atoms with E-state index in [4.69, 9.17) is 23.2 Å². The van der Waals surface area contributed by atoms with Crippen LogP contribution in [0.5, 0.6) is 0 Å². The molecule has 6 nitrogen and oxygen atoms in total. The van der Waals surface area contributed by atoms with Crippen molar-refractivity contribution in [1.82, 2.24) is 10.1 Å². The Labute approximate surface area is 149 Å². The van der Waals surface area contributed by atoms with Crippen LogP contribution in [0.2, 0.25) is 10.0 Å². The van der Waals surface area contributed by atoms with Gasteiger partial charge in [-0.25, -0.2) is 18.6 Å². The first-order valence-corrected chi connectivity index (χ1v) is 8.95. The first kappa shape index (κ1) is 18.4. The van der Waals surface area contributed by atoms with Gasteiger partial charge in [0.2, 0.25) is 10.0 Å². The van der Waals surface area contributed by atoms with Crippen molar-refractivity contribution in [1.29, 1.82) is 0 Å². The molecule has 24 heavy (non-hydrogen) atoms. The molecule has 0 atom stereocenters. The molecule has 0 aliphatic carbocycles. The van der Waals surface area contributed by atoms with Crippen LogP contribution in [0, 0.1) is 0 Å². The number of amides is 1. The minimum atomic E-state index is -3.75. The molecular formula is C15H13Cl2N3O3S. The Balaban J connectivity index is 1.91. The Morgan fingerprint density at radius 1 is 1.04 bits per heavy atom.